The Morgan fingerprint density at radius 1 is 1.44 bits per heavy atom. The van der Waals surface area contributed by atoms with Crippen LogP contribution in [0.4, 0.5) is 10.5 Å². The molecule has 0 atom stereocenters. The molecule has 0 unspecified atom stereocenters. The minimum absolute atomic E-state index is 0.0599. The molecule has 0 fully saturated rings. The first-order valence-corrected chi connectivity index (χ1v) is 6.48. The Morgan fingerprint density at radius 2 is 2.11 bits per heavy atom. The molecule has 2 amide bonds. The molecule has 5 nitrogen and oxygen atoms in total. The van der Waals surface area contributed by atoms with E-state index in [4.69, 9.17) is 5.11 Å². The predicted molar refractivity (Wildman–Crippen MR) is 77.8 cm³/mol. The normalized spacial score (nSPS) is 9.94. The summed E-state index contributed by atoms with van der Waals surface area (Å²) in [6.45, 7) is 2.10. The van der Waals surface area contributed by atoms with E-state index < -0.39 is 5.97 Å². The number of amides is 2. The first-order valence-electron chi connectivity index (χ1n) is 5.40. The summed E-state index contributed by atoms with van der Waals surface area (Å²) in [5.74, 6) is -0.917. The smallest absolute Gasteiger partial charge is 0.321 e. The highest BCUT2D eigenvalue weighted by Crippen LogP contribution is 2.17. The standard InChI is InChI=1S/C12H15IN2O3/c1-8-7-9(13)3-4-10(8)14-12(18)15(2)6-5-11(16)17/h3-4,7H,5-6H2,1-2H3,(H,14,18)(H,16,17). The third-order valence-corrected chi connectivity index (χ3v) is 3.11. The minimum atomic E-state index is -0.917. The highest BCUT2D eigenvalue weighted by molar-refractivity contribution is 14.1. The number of nitrogens with one attached hydrogen (secondary N) is 1. The number of anilines is 1. The van der Waals surface area contributed by atoms with Crippen LogP contribution < -0.4 is 5.32 Å². The van der Waals surface area contributed by atoms with Crippen LogP contribution in [0.1, 0.15) is 12.0 Å². The molecule has 0 aliphatic heterocycles. The molecule has 0 bridgehead atoms. The van der Waals surface area contributed by atoms with Gasteiger partial charge in [-0.15, -0.1) is 0 Å². The fourth-order valence-corrected chi connectivity index (χ4v) is 1.99. The van der Waals surface area contributed by atoms with Gasteiger partial charge in [0.1, 0.15) is 0 Å². The van der Waals surface area contributed by atoms with Gasteiger partial charge in [0.15, 0.2) is 0 Å². The van der Waals surface area contributed by atoms with Crippen LogP contribution >= 0.6 is 22.6 Å². The predicted octanol–water partition coefficient (Wildman–Crippen LogP) is 2.54. The molecule has 0 aromatic heterocycles. The minimum Gasteiger partial charge on any atom is -0.481 e. The van der Waals surface area contributed by atoms with Crippen molar-refractivity contribution in [1.29, 1.82) is 0 Å². The van der Waals surface area contributed by atoms with Crippen molar-refractivity contribution in [3.8, 4) is 0 Å². The number of carbonyl (C=O) groups is 2. The zero-order valence-corrected chi connectivity index (χ0v) is 12.4. The summed E-state index contributed by atoms with van der Waals surface area (Å²) in [5, 5.41) is 11.3. The number of carboxylic acid groups (broad SMARTS) is 1. The third kappa shape index (κ3) is 4.52. The van der Waals surface area contributed by atoms with E-state index in [1.165, 1.54) is 4.90 Å². The highest BCUT2D eigenvalue weighted by atomic mass is 127. The number of aryl methyl sites for hydroxylation is 1. The van der Waals surface area contributed by atoms with Crippen LogP contribution in [0.15, 0.2) is 18.2 Å². The summed E-state index contributed by atoms with van der Waals surface area (Å²) in [4.78, 5) is 23.6. The fourth-order valence-electron chi connectivity index (χ4n) is 1.34. The second kappa shape index (κ2) is 6.58. The Bertz CT molecular complexity index is 463. The van der Waals surface area contributed by atoms with Crippen molar-refractivity contribution >= 4 is 40.3 Å². The second-order valence-corrected chi connectivity index (χ2v) is 5.20. The Labute approximate surface area is 119 Å². The van der Waals surface area contributed by atoms with Gasteiger partial charge in [-0.05, 0) is 53.3 Å². The Balaban J connectivity index is 2.61. The van der Waals surface area contributed by atoms with Crippen molar-refractivity contribution in [1.82, 2.24) is 4.90 Å². The van der Waals surface area contributed by atoms with Gasteiger partial charge in [-0.2, -0.15) is 0 Å². The van der Waals surface area contributed by atoms with E-state index in [9.17, 15) is 9.59 Å². The lowest BCUT2D eigenvalue weighted by Gasteiger charge is -2.18. The fraction of sp³-hybridized carbons (Fsp3) is 0.333. The van der Waals surface area contributed by atoms with Crippen molar-refractivity contribution < 1.29 is 14.7 Å². The number of rotatable bonds is 4. The zero-order chi connectivity index (χ0) is 13.7. The molecule has 0 aliphatic rings. The Morgan fingerprint density at radius 3 is 2.67 bits per heavy atom. The van der Waals surface area contributed by atoms with Crippen LogP contribution in [0.5, 0.6) is 0 Å². The van der Waals surface area contributed by atoms with Gasteiger partial charge in [-0.1, -0.05) is 0 Å². The molecular weight excluding hydrogens is 347 g/mol. The first kappa shape index (κ1) is 14.7. The van der Waals surface area contributed by atoms with Gasteiger partial charge in [0, 0.05) is 22.8 Å². The Kier molecular flexibility index (Phi) is 5.39. The first-order chi connectivity index (χ1) is 8.40. The summed E-state index contributed by atoms with van der Waals surface area (Å²) in [6.07, 6.45) is -0.0599. The number of hydrogen-bond donors (Lipinski definition) is 2. The molecule has 0 saturated heterocycles. The van der Waals surface area contributed by atoms with E-state index in [0.717, 1.165) is 14.8 Å². The zero-order valence-electron chi connectivity index (χ0n) is 10.2. The van der Waals surface area contributed by atoms with E-state index >= 15 is 0 Å². The van der Waals surface area contributed by atoms with E-state index in [1.807, 2.05) is 25.1 Å². The van der Waals surface area contributed by atoms with Gasteiger partial charge in [0.2, 0.25) is 0 Å². The second-order valence-electron chi connectivity index (χ2n) is 3.95. The van der Waals surface area contributed by atoms with Gasteiger partial charge >= 0.3 is 12.0 Å². The van der Waals surface area contributed by atoms with Crippen molar-refractivity contribution in [2.45, 2.75) is 13.3 Å². The lowest BCUT2D eigenvalue weighted by Crippen LogP contribution is -2.33. The number of aliphatic carboxylic acids is 1. The number of halogens is 1. The van der Waals surface area contributed by atoms with E-state index in [0.29, 0.717) is 0 Å². The molecular formula is C12H15IN2O3. The molecule has 2 N–H and O–H groups in total. The average molecular weight is 362 g/mol. The van der Waals surface area contributed by atoms with Crippen LogP contribution in [-0.2, 0) is 4.79 Å². The van der Waals surface area contributed by atoms with Crippen molar-refractivity contribution in [2.75, 3.05) is 18.9 Å². The summed E-state index contributed by atoms with van der Waals surface area (Å²) in [6, 6.07) is 5.40. The number of nitrogens with zero attached hydrogens (tertiary/aromatic N) is 1. The molecule has 0 spiro atoms. The molecule has 0 saturated carbocycles. The maximum Gasteiger partial charge on any atom is 0.321 e. The molecule has 18 heavy (non-hydrogen) atoms. The van der Waals surface area contributed by atoms with E-state index in [-0.39, 0.29) is 19.0 Å². The summed E-state index contributed by atoms with van der Waals surface area (Å²) in [5.41, 5.74) is 1.71. The highest BCUT2D eigenvalue weighted by Gasteiger charge is 2.11. The van der Waals surface area contributed by atoms with Crippen LogP contribution in [0.3, 0.4) is 0 Å². The quantitative estimate of drug-likeness (QED) is 0.809. The topological polar surface area (TPSA) is 69.6 Å². The third-order valence-electron chi connectivity index (χ3n) is 2.44. The molecule has 1 aromatic rings. The molecule has 1 aromatic carbocycles. The summed E-state index contributed by atoms with van der Waals surface area (Å²) < 4.78 is 1.10. The van der Waals surface area contributed by atoms with Crippen molar-refractivity contribution in [3.05, 3.63) is 27.3 Å². The molecule has 1 rings (SSSR count). The van der Waals surface area contributed by atoms with Crippen molar-refractivity contribution in [3.63, 3.8) is 0 Å². The number of hydrogen-bond acceptors (Lipinski definition) is 2. The van der Waals surface area contributed by atoms with Crippen molar-refractivity contribution in [2.24, 2.45) is 0 Å². The van der Waals surface area contributed by atoms with Gasteiger partial charge in [0.05, 0.1) is 6.42 Å². The number of benzene rings is 1. The van der Waals surface area contributed by atoms with Crippen LogP contribution in [0.2, 0.25) is 0 Å². The maximum absolute atomic E-state index is 11.8. The Hall–Kier alpha value is -1.31. The summed E-state index contributed by atoms with van der Waals surface area (Å²) >= 11 is 2.20. The van der Waals surface area contributed by atoms with Crippen LogP contribution in [0, 0.1) is 10.5 Å². The van der Waals surface area contributed by atoms with Crippen LogP contribution in [-0.4, -0.2) is 35.6 Å². The lowest BCUT2D eigenvalue weighted by atomic mass is 10.2. The lowest BCUT2D eigenvalue weighted by molar-refractivity contribution is -0.137. The largest absolute Gasteiger partial charge is 0.481 e. The van der Waals surface area contributed by atoms with Gasteiger partial charge in [-0.3, -0.25) is 4.79 Å². The van der Waals surface area contributed by atoms with Crippen LogP contribution in [0.25, 0.3) is 0 Å². The number of urea groups is 1. The monoisotopic (exact) mass is 362 g/mol. The molecule has 0 radical (unpaired) electrons. The van der Waals surface area contributed by atoms with Gasteiger partial charge < -0.3 is 15.3 Å². The molecule has 6 heteroatoms. The maximum atomic E-state index is 11.8. The molecule has 0 aliphatic carbocycles. The number of carbonyl (C=O) groups excluding carboxylic acids is 1. The molecule has 98 valence electrons. The SMILES string of the molecule is Cc1cc(I)ccc1NC(=O)N(C)CCC(=O)O. The van der Waals surface area contributed by atoms with Gasteiger partial charge in [0.25, 0.3) is 0 Å². The summed E-state index contributed by atoms with van der Waals surface area (Å²) in [7, 11) is 1.57. The van der Waals surface area contributed by atoms with E-state index in [1.54, 1.807) is 7.05 Å². The van der Waals surface area contributed by atoms with Gasteiger partial charge in [-0.25, -0.2) is 4.79 Å². The number of carboxylic acids is 1. The molecule has 0 heterocycles. The average Bonchev–Trinajstić information content (AvgIpc) is 2.29. The van der Waals surface area contributed by atoms with E-state index in [2.05, 4.69) is 27.9 Å².